The maximum Gasteiger partial charge on any atom is 0.261 e. The van der Waals surface area contributed by atoms with Gasteiger partial charge in [0, 0.05) is 35.2 Å². The molecule has 4 N–H and O–H groups in total. The second-order valence-corrected chi connectivity index (χ2v) is 11.8. The molecule has 236 valence electrons. The van der Waals surface area contributed by atoms with Crippen molar-refractivity contribution in [1.82, 2.24) is 10.6 Å². The summed E-state index contributed by atoms with van der Waals surface area (Å²) in [6, 6.07) is 21.2. The maximum absolute atomic E-state index is 13.7. The van der Waals surface area contributed by atoms with Gasteiger partial charge in [-0.15, -0.1) is 0 Å². The number of nitrogens with zero attached hydrogens (tertiary/aromatic N) is 1. The van der Waals surface area contributed by atoms with Crippen molar-refractivity contribution in [1.29, 1.82) is 0 Å². The molecule has 0 aliphatic heterocycles. The molecule has 1 saturated carbocycles. The monoisotopic (exact) mass is 645 g/mol. The number of fused-ring (bicyclic) bond motifs is 1. The minimum Gasteiger partial charge on any atom is -0.455 e. The Morgan fingerprint density at radius 1 is 0.935 bits per heavy atom. The van der Waals surface area contributed by atoms with Crippen molar-refractivity contribution in [2.24, 2.45) is 0 Å². The summed E-state index contributed by atoms with van der Waals surface area (Å²) in [6.07, 6.45) is 1.39. The molecule has 1 aliphatic rings. The Morgan fingerprint density at radius 3 is 2.22 bits per heavy atom. The van der Waals surface area contributed by atoms with Gasteiger partial charge in [0.1, 0.15) is 23.0 Å². The molecule has 1 aromatic heterocycles. The number of carbonyl (C=O) groups is 2. The molecule has 0 radical (unpaired) electrons. The summed E-state index contributed by atoms with van der Waals surface area (Å²) in [4.78, 5) is 26.7. The summed E-state index contributed by atoms with van der Waals surface area (Å²) in [6.45, 7) is -0.657. The van der Waals surface area contributed by atoms with Gasteiger partial charge in [-0.25, -0.2) is 13.0 Å². The van der Waals surface area contributed by atoms with Crippen LogP contribution in [0.5, 0.6) is 0 Å². The number of hydrogen-bond donors (Lipinski definition) is 4. The van der Waals surface area contributed by atoms with E-state index in [9.17, 15) is 32.2 Å². The van der Waals surface area contributed by atoms with Crippen LogP contribution < -0.4 is 14.9 Å². The van der Waals surface area contributed by atoms with Gasteiger partial charge in [0.2, 0.25) is 0 Å². The van der Waals surface area contributed by atoms with E-state index in [0.29, 0.717) is 40.5 Å². The molecule has 1 fully saturated rings. The van der Waals surface area contributed by atoms with Gasteiger partial charge in [0.05, 0.1) is 29.9 Å². The standard InChI is InChI=1S/C34H29F2N3O6S/c1-37-33(42)30-27-18-26(21-3-2-4-22(17-21)32(41)38-34(13-14-34)23-7-11-25(36)12-8-23)28(39(15-16-40)46(43)44)19-29(27)45-31(30)20-5-9-24(35)10-6-20/h2-12,17-19,40H,13-16H2,1H3,(H,37,42)(H,38,41)(H,43,44). The largest absolute Gasteiger partial charge is 0.455 e. The van der Waals surface area contributed by atoms with Gasteiger partial charge < -0.3 is 20.2 Å². The van der Waals surface area contributed by atoms with Gasteiger partial charge in [-0.05, 0) is 78.6 Å². The Morgan fingerprint density at radius 2 is 1.61 bits per heavy atom. The molecular formula is C34H29F2N3O6S. The fraction of sp³-hybridized carbons (Fsp3) is 0.176. The lowest BCUT2D eigenvalue weighted by atomic mass is 9.96. The number of rotatable bonds is 10. The summed E-state index contributed by atoms with van der Waals surface area (Å²) in [5, 5.41) is 15.8. The van der Waals surface area contributed by atoms with Crippen molar-refractivity contribution in [3.05, 3.63) is 113 Å². The maximum atomic E-state index is 13.7. The first kappa shape index (κ1) is 31.1. The zero-order valence-corrected chi connectivity index (χ0v) is 25.4. The Hall–Kier alpha value is -4.91. The third kappa shape index (κ3) is 5.89. The van der Waals surface area contributed by atoms with Gasteiger partial charge >= 0.3 is 0 Å². The van der Waals surface area contributed by atoms with Crippen molar-refractivity contribution >= 4 is 39.7 Å². The molecule has 1 heterocycles. The number of nitrogens with one attached hydrogen (secondary N) is 2. The van der Waals surface area contributed by atoms with Crippen LogP contribution in [-0.2, 0) is 16.8 Å². The number of aliphatic hydroxyl groups is 1. The van der Waals surface area contributed by atoms with Crippen molar-refractivity contribution in [2.45, 2.75) is 18.4 Å². The minimum absolute atomic E-state index is 0.166. The minimum atomic E-state index is -2.57. The fourth-order valence-electron chi connectivity index (χ4n) is 5.60. The van der Waals surface area contributed by atoms with Crippen LogP contribution in [0.25, 0.3) is 33.4 Å². The summed E-state index contributed by atoms with van der Waals surface area (Å²) in [5.74, 6) is -1.51. The number of carbonyl (C=O) groups excluding carboxylic acids is 2. The van der Waals surface area contributed by atoms with E-state index in [2.05, 4.69) is 10.6 Å². The van der Waals surface area contributed by atoms with Crippen molar-refractivity contribution in [3.63, 3.8) is 0 Å². The SMILES string of the molecule is CNC(=O)c1c(-c2ccc(F)cc2)oc2cc(N(CCO)S(=O)O)c(-c3cccc(C(=O)NC4(c5ccc(F)cc5)CC4)c3)cc12. The lowest BCUT2D eigenvalue weighted by Gasteiger charge is -2.23. The number of anilines is 1. The van der Waals surface area contributed by atoms with Crippen molar-refractivity contribution < 1.29 is 36.7 Å². The highest BCUT2D eigenvalue weighted by Crippen LogP contribution is 2.46. The zero-order chi connectivity index (χ0) is 32.6. The Kier molecular flexibility index (Phi) is 8.43. The molecule has 1 unspecified atom stereocenters. The van der Waals surface area contributed by atoms with Gasteiger partial charge in [0.15, 0.2) is 0 Å². The molecule has 12 heteroatoms. The van der Waals surface area contributed by atoms with Crippen molar-refractivity contribution in [2.75, 3.05) is 24.5 Å². The highest BCUT2D eigenvalue weighted by molar-refractivity contribution is 7.80. The molecule has 1 atom stereocenters. The van der Waals surface area contributed by atoms with E-state index in [1.807, 2.05) is 0 Å². The lowest BCUT2D eigenvalue weighted by molar-refractivity contribution is 0.0929. The smallest absolute Gasteiger partial charge is 0.261 e. The second-order valence-electron chi connectivity index (χ2n) is 10.9. The van der Waals surface area contributed by atoms with Crippen LogP contribution in [0.4, 0.5) is 14.5 Å². The highest BCUT2D eigenvalue weighted by atomic mass is 32.2. The van der Waals surface area contributed by atoms with Crippen LogP contribution in [0.2, 0.25) is 0 Å². The Labute approximate surface area is 265 Å². The van der Waals surface area contributed by atoms with E-state index in [1.54, 1.807) is 42.5 Å². The van der Waals surface area contributed by atoms with E-state index in [4.69, 9.17) is 4.42 Å². The molecule has 4 aromatic carbocycles. The second kappa shape index (κ2) is 12.5. The predicted octanol–water partition coefficient (Wildman–Crippen LogP) is 5.76. The first-order chi connectivity index (χ1) is 22.1. The Balaban J connectivity index is 1.48. The van der Waals surface area contributed by atoms with Crippen LogP contribution in [0, 0.1) is 11.6 Å². The number of hydrogen-bond acceptors (Lipinski definition) is 5. The molecule has 0 bridgehead atoms. The van der Waals surface area contributed by atoms with Gasteiger partial charge in [-0.1, -0.05) is 24.3 Å². The van der Waals surface area contributed by atoms with Gasteiger partial charge in [-0.2, -0.15) is 0 Å². The molecule has 46 heavy (non-hydrogen) atoms. The Bertz CT molecular complexity index is 1970. The summed E-state index contributed by atoms with van der Waals surface area (Å²) < 4.78 is 57.1. The molecular weight excluding hydrogens is 616 g/mol. The van der Waals surface area contributed by atoms with Gasteiger partial charge in [-0.3, -0.25) is 18.4 Å². The lowest BCUT2D eigenvalue weighted by Crippen LogP contribution is -2.34. The zero-order valence-electron chi connectivity index (χ0n) is 24.6. The van der Waals surface area contributed by atoms with Crippen molar-refractivity contribution in [3.8, 4) is 22.5 Å². The summed E-state index contributed by atoms with van der Waals surface area (Å²) in [7, 11) is 1.46. The fourth-order valence-corrected chi connectivity index (χ4v) is 6.15. The molecule has 1 aliphatic carbocycles. The van der Waals surface area contributed by atoms with Crippen LogP contribution in [0.1, 0.15) is 39.1 Å². The number of amides is 2. The van der Waals surface area contributed by atoms with Crippen LogP contribution in [0.15, 0.2) is 89.3 Å². The molecule has 0 spiro atoms. The summed E-state index contributed by atoms with van der Waals surface area (Å²) >= 11 is -2.57. The number of benzene rings is 4. The topological polar surface area (TPSA) is 132 Å². The van der Waals surface area contributed by atoms with E-state index >= 15 is 0 Å². The van der Waals surface area contributed by atoms with Gasteiger partial charge in [0.25, 0.3) is 23.1 Å². The molecule has 2 amide bonds. The third-order valence-electron chi connectivity index (χ3n) is 8.06. The number of aliphatic hydroxyl groups excluding tert-OH is 1. The number of furan rings is 1. The van der Waals surface area contributed by atoms with Crippen LogP contribution in [0.3, 0.4) is 0 Å². The third-order valence-corrected chi connectivity index (χ3v) is 8.82. The average Bonchev–Trinajstić information content (AvgIpc) is 3.74. The first-order valence-electron chi connectivity index (χ1n) is 14.4. The van der Waals surface area contributed by atoms with E-state index < -0.39 is 35.1 Å². The quantitative estimate of drug-likeness (QED) is 0.143. The first-order valence-corrected chi connectivity index (χ1v) is 15.5. The molecule has 9 nitrogen and oxygen atoms in total. The van der Waals surface area contributed by atoms with E-state index in [0.717, 1.165) is 9.87 Å². The highest BCUT2D eigenvalue weighted by Gasteiger charge is 2.45. The van der Waals surface area contributed by atoms with Crippen LogP contribution in [-0.4, -0.2) is 45.9 Å². The van der Waals surface area contributed by atoms with Crippen LogP contribution >= 0.6 is 0 Å². The molecule has 0 saturated heterocycles. The van der Waals surface area contributed by atoms with E-state index in [1.165, 1.54) is 49.5 Å². The predicted molar refractivity (Wildman–Crippen MR) is 170 cm³/mol. The summed E-state index contributed by atoms with van der Waals surface area (Å²) in [5.41, 5.74) is 2.38. The van der Waals surface area contributed by atoms with E-state index in [-0.39, 0.29) is 40.9 Å². The average molecular weight is 646 g/mol. The molecule has 5 aromatic rings. The molecule has 6 rings (SSSR count). The normalized spacial score (nSPS) is 14.1. The number of halogens is 2.